The zero-order valence-corrected chi connectivity index (χ0v) is 9.91. The van der Waals surface area contributed by atoms with Gasteiger partial charge >= 0.3 is 0 Å². The molecule has 0 aliphatic rings. The molecule has 1 rings (SSSR count). The Morgan fingerprint density at radius 1 is 1.33 bits per heavy atom. The maximum Gasteiger partial charge on any atom is 0.0911 e. The molecule has 1 aromatic heterocycles. The monoisotopic (exact) mass is 202 g/mol. The van der Waals surface area contributed by atoms with Gasteiger partial charge in [-0.25, -0.2) is 0 Å². The zero-order valence-electron chi connectivity index (χ0n) is 9.91. The van der Waals surface area contributed by atoms with Crippen molar-refractivity contribution in [3.05, 3.63) is 47.8 Å². The highest BCUT2D eigenvalue weighted by Gasteiger charge is 2.08. The second-order valence-corrected chi connectivity index (χ2v) is 3.65. The van der Waals surface area contributed by atoms with Crippen LogP contribution in [0.5, 0.6) is 0 Å². The fraction of sp³-hybridized carbons (Fsp3) is 0.308. The molecule has 2 nitrogen and oxygen atoms in total. The van der Waals surface area contributed by atoms with Crippen molar-refractivity contribution in [2.24, 2.45) is 7.05 Å². The topological polar surface area (TPSA) is 17.8 Å². The second-order valence-electron chi connectivity index (χ2n) is 3.65. The maximum atomic E-state index is 4.48. The van der Waals surface area contributed by atoms with E-state index in [1.54, 1.807) is 6.08 Å². The quantitative estimate of drug-likeness (QED) is 0.688. The van der Waals surface area contributed by atoms with Crippen molar-refractivity contribution in [1.82, 2.24) is 9.78 Å². The van der Waals surface area contributed by atoms with E-state index in [2.05, 4.69) is 38.5 Å². The molecular weight excluding hydrogens is 184 g/mol. The summed E-state index contributed by atoms with van der Waals surface area (Å²) in [4.78, 5) is 0. The highest BCUT2D eigenvalue weighted by atomic mass is 15.3. The van der Waals surface area contributed by atoms with Gasteiger partial charge in [0.05, 0.1) is 5.69 Å². The van der Waals surface area contributed by atoms with Crippen LogP contribution in [0.25, 0.3) is 5.57 Å². The third kappa shape index (κ3) is 2.46. The molecule has 0 aliphatic heterocycles. The molecule has 0 saturated heterocycles. The lowest BCUT2D eigenvalue weighted by atomic mass is 10.1. The summed E-state index contributed by atoms with van der Waals surface area (Å²) in [5.74, 6) is 0. The molecule has 0 unspecified atom stereocenters. The SMILES string of the molecule is C=C/C=C\C=C(/C)c1nn(C)c(C)c1C. The summed E-state index contributed by atoms with van der Waals surface area (Å²) in [5, 5.41) is 4.48. The standard InChI is InChI=1S/C13H18N2/c1-6-7-8-9-10(2)13-11(3)12(4)15(5)14-13/h6-9H,1H2,2-5H3/b8-7-,10-9+. The van der Waals surface area contributed by atoms with Gasteiger partial charge < -0.3 is 0 Å². The number of aromatic nitrogens is 2. The van der Waals surface area contributed by atoms with Crippen molar-refractivity contribution in [1.29, 1.82) is 0 Å². The molecule has 80 valence electrons. The number of hydrogen-bond acceptors (Lipinski definition) is 1. The Bertz CT molecular complexity index is 420. The smallest absolute Gasteiger partial charge is 0.0911 e. The van der Waals surface area contributed by atoms with E-state index in [0.717, 1.165) is 5.69 Å². The van der Waals surface area contributed by atoms with Crippen LogP contribution in [0, 0.1) is 13.8 Å². The van der Waals surface area contributed by atoms with Gasteiger partial charge in [0.15, 0.2) is 0 Å². The number of rotatable bonds is 3. The minimum absolute atomic E-state index is 1.07. The Morgan fingerprint density at radius 2 is 2.00 bits per heavy atom. The summed E-state index contributed by atoms with van der Waals surface area (Å²) < 4.78 is 1.92. The molecule has 1 aromatic rings. The third-order valence-corrected chi connectivity index (χ3v) is 2.60. The summed E-state index contributed by atoms with van der Waals surface area (Å²) in [5.41, 5.74) is 4.71. The van der Waals surface area contributed by atoms with Gasteiger partial charge in [-0.1, -0.05) is 30.9 Å². The maximum absolute atomic E-state index is 4.48. The van der Waals surface area contributed by atoms with E-state index in [9.17, 15) is 0 Å². The van der Waals surface area contributed by atoms with Crippen molar-refractivity contribution < 1.29 is 0 Å². The van der Waals surface area contributed by atoms with Gasteiger partial charge in [0.1, 0.15) is 0 Å². The summed E-state index contributed by atoms with van der Waals surface area (Å²) in [6.07, 6.45) is 7.71. The Balaban J connectivity index is 3.06. The van der Waals surface area contributed by atoms with Crippen LogP contribution in [-0.4, -0.2) is 9.78 Å². The fourth-order valence-electron chi connectivity index (χ4n) is 1.45. The first-order chi connectivity index (χ1) is 7.07. The lowest BCUT2D eigenvalue weighted by Gasteiger charge is -1.95. The van der Waals surface area contributed by atoms with Crippen LogP contribution < -0.4 is 0 Å². The van der Waals surface area contributed by atoms with Crippen molar-refractivity contribution >= 4 is 5.57 Å². The number of nitrogens with zero attached hydrogens (tertiary/aromatic N) is 2. The zero-order chi connectivity index (χ0) is 11.4. The van der Waals surface area contributed by atoms with Crippen LogP contribution in [0.3, 0.4) is 0 Å². The van der Waals surface area contributed by atoms with Crippen LogP contribution in [0.2, 0.25) is 0 Å². The fourth-order valence-corrected chi connectivity index (χ4v) is 1.45. The van der Waals surface area contributed by atoms with Crippen molar-refractivity contribution in [3.63, 3.8) is 0 Å². The second kappa shape index (κ2) is 4.78. The lowest BCUT2D eigenvalue weighted by molar-refractivity contribution is 0.735. The van der Waals surface area contributed by atoms with Crippen molar-refractivity contribution in [2.45, 2.75) is 20.8 Å². The van der Waals surface area contributed by atoms with Gasteiger partial charge in [-0.15, -0.1) is 0 Å². The molecule has 0 aromatic carbocycles. The number of aryl methyl sites for hydroxylation is 1. The molecule has 0 spiro atoms. The van der Waals surface area contributed by atoms with Gasteiger partial charge in [0.25, 0.3) is 0 Å². The van der Waals surface area contributed by atoms with E-state index >= 15 is 0 Å². The minimum atomic E-state index is 1.07. The van der Waals surface area contributed by atoms with E-state index in [0.29, 0.717) is 0 Å². The third-order valence-electron chi connectivity index (χ3n) is 2.60. The number of hydrogen-bond donors (Lipinski definition) is 0. The Morgan fingerprint density at radius 3 is 2.47 bits per heavy atom. The molecule has 15 heavy (non-hydrogen) atoms. The van der Waals surface area contributed by atoms with E-state index in [4.69, 9.17) is 0 Å². The van der Waals surface area contributed by atoms with Crippen LogP contribution in [0.15, 0.2) is 30.9 Å². The van der Waals surface area contributed by atoms with Crippen molar-refractivity contribution in [2.75, 3.05) is 0 Å². The van der Waals surface area contributed by atoms with Crippen LogP contribution >= 0.6 is 0 Å². The Hall–Kier alpha value is -1.57. The first-order valence-electron chi connectivity index (χ1n) is 5.04. The van der Waals surface area contributed by atoms with Crippen LogP contribution in [0.4, 0.5) is 0 Å². The molecule has 0 atom stereocenters. The Labute approximate surface area is 91.6 Å². The average molecular weight is 202 g/mol. The van der Waals surface area contributed by atoms with E-state index in [1.165, 1.54) is 16.8 Å². The van der Waals surface area contributed by atoms with Gasteiger partial charge in [-0.3, -0.25) is 4.68 Å². The minimum Gasteiger partial charge on any atom is -0.272 e. The molecule has 0 radical (unpaired) electrons. The van der Waals surface area contributed by atoms with E-state index in [-0.39, 0.29) is 0 Å². The first kappa shape index (κ1) is 11.5. The van der Waals surface area contributed by atoms with E-state index in [1.807, 2.05) is 23.9 Å². The average Bonchev–Trinajstić information content (AvgIpc) is 2.46. The molecule has 0 fully saturated rings. The normalized spacial score (nSPS) is 12.4. The lowest BCUT2D eigenvalue weighted by Crippen LogP contribution is -1.92. The Kier molecular flexibility index (Phi) is 3.67. The van der Waals surface area contributed by atoms with Crippen LogP contribution in [0.1, 0.15) is 23.9 Å². The van der Waals surface area contributed by atoms with Gasteiger partial charge in [0.2, 0.25) is 0 Å². The van der Waals surface area contributed by atoms with Gasteiger partial charge in [-0.2, -0.15) is 5.10 Å². The highest BCUT2D eigenvalue weighted by Crippen LogP contribution is 2.19. The molecule has 0 aliphatic carbocycles. The molecular formula is C13H18N2. The van der Waals surface area contributed by atoms with Crippen LogP contribution in [-0.2, 0) is 7.05 Å². The van der Waals surface area contributed by atoms with E-state index < -0.39 is 0 Å². The summed E-state index contributed by atoms with van der Waals surface area (Å²) >= 11 is 0. The molecule has 1 heterocycles. The highest BCUT2D eigenvalue weighted by molar-refractivity contribution is 5.65. The molecule has 0 N–H and O–H groups in total. The predicted molar refractivity (Wildman–Crippen MR) is 65.7 cm³/mol. The number of allylic oxidation sites excluding steroid dienone is 5. The summed E-state index contributed by atoms with van der Waals surface area (Å²) in [7, 11) is 1.97. The molecule has 0 amide bonds. The van der Waals surface area contributed by atoms with Gasteiger partial charge in [0, 0.05) is 12.7 Å². The molecule has 0 bridgehead atoms. The largest absolute Gasteiger partial charge is 0.272 e. The van der Waals surface area contributed by atoms with Crippen molar-refractivity contribution in [3.8, 4) is 0 Å². The van der Waals surface area contributed by atoms with Gasteiger partial charge in [-0.05, 0) is 31.9 Å². The summed E-state index contributed by atoms with van der Waals surface area (Å²) in [6, 6.07) is 0. The molecule has 0 saturated carbocycles. The summed E-state index contributed by atoms with van der Waals surface area (Å²) in [6.45, 7) is 9.89. The molecule has 2 heteroatoms. The first-order valence-corrected chi connectivity index (χ1v) is 5.04. The predicted octanol–water partition coefficient (Wildman–Crippen LogP) is 3.18.